The summed E-state index contributed by atoms with van der Waals surface area (Å²) in [5, 5.41) is 22.8. The second-order valence-electron chi connectivity index (χ2n) is 5.84. The molecule has 0 saturated heterocycles. The Balaban J connectivity index is 3.04. The number of nitro groups is 2. The minimum atomic E-state index is -5.08. The maximum Gasteiger partial charge on any atom is 0.418 e. The monoisotopic (exact) mass is 681 g/mol. The van der Waals surface area contributed by atoms with Crippen molar-refractivity contribution in [3.63, 3.8) is 0 Å². The summed E-state index contributed by atoms with van der Waals surface area (Å²) >= 11 is 13.2. The van der Waals surface area contributed by atoms with Crippen LogP contribution in [0.3, 0.4) is 0 Å². The first-order valence-corrected chi connectivity index (χ1v) is 11.1. The van der Waals surface area contributed by atoms with Crippen molar-refractivity contribution < 1.29 is 23.0 Å². The summed E-state index contributed by atoms with van der Waals surface area (Å²) in [6.45, 7) is 1.65. The number of hydrogen-bond acceptors (Lipinski definition) is 5. The van der Waals surface area contributed by atoms with Gasteiger partial charge < -0.3 is 4.90 Å². The van der Waals surface area contributed by atoms with E-state index in [9.17, 15) is 33.4 Å². The number of nitrogens with zero attached hydrogens (tertiary/aromatic N) is 3. The fraction of sp³-hybridized carbons (Fsp3) is 0.250. The average molecular weight is 685 g/mol. The van der Waals surface area contributed by atoms with Gasteiger partial charge in [-0.05, 0) is 76.2 Å². The van der Waals surface area contributed by atoms with Crippen LogP contribution in [0.2, 0.25) is 0 Å². The third kappa shape index (κ3) is 4.97. The van der Waals surface area contributed by atoms with E-state index in [1.165, 1.54) is 0 Å². The largest absolute Gasteiger partial charge is 0.418 e. The molecule has 0 N–H and O–H groups in total. The zero-order valence-corrected chi connectivity index (χ0v) is 21.1. The third-order valence-electron chi connectivity index (χ3n) is 3.86. The highest BCUT2D eigenvalue weighted by Gasteiger charge is 2.42. The average Bonchev–Trinajstić information content (AvgIpc) is 2.64. The minimum absolute atomic E-state index is 0.0399. The van der Waals surface area contributed by atoms with Crippen molar-refractivity contribution in [1.29, 1.82) is 0 Å². The summed E-state index contributed by atoms with van der Waals surface area (Å²) < 4.78 is 43.3. The van der Waals surface area contributed by atoms with E-state index in [2.05, 4.69) is 63.7 Å². The van der Waals surface area contributed by atoms with E-state index < -0.39 is 38.6 Å². The van der Waals surface area contributed by atoms with Gasteiger partial charge in [0.05, 0.1) is 36.1 Å². The second-order valence-corrected chi connectivity index (χ2v) is 9.14. The van der Waals surface area contributed by atoms with Crippen molar-refractivity contribution in [1.82, 2.24) is 0 Å². The first-order valence-electron chi connectivity index (χ1n) is 7.95. The first-order chi connectivity index (χ1) is 13.8. The molecule has 0 aromatic heterocycles. The molecule has 0 aliphatic heterocycles. The molecule has 30 heavy (non-hydrogen) atoms. The van der Waals surface area contributed by atoms with Crippen LogP contribution in [0.4, 0.5) is 35.9 Å². The number of nitro benzene ring substituents is 2. The van der Waals surface area contributed by atoms with Crippen LogP contribution in [0.1, 0.15) is 18.9 Å². The predicted molar refractivity (Wildman–Crippen MR) is 119 cm³/mol. The maximum atomic E-state index is 13.9. The van der Waals surface area contributed by atoms with Gasteiger partial charge in [-0.15, -0.1) is 0 Å². The molecule has 14 heteroatoms. The minimum Gasteiger partial charge on any atom is -0.333 e. The van der Waals surface area contributed by atoms with E-state index in [1.54, 1.807) is 13.0 Å². The Labute approximate surface area is 201 Å². The number of alkyl halides is 3. The van der Waals surface area contributed by atoms with Crippen LogP contribution in [0.25, 0.3) is 0 Å². The van der Waals surface area contributed by atoms with Gasteiger partial charge >= 0.3 is 6.18 Å². The van der Waals surface area contributed by atoms with Gasteiger partial charge in [0.2, 0.25) is 0 Å². The van der Waals surface area contributed by atoms with Gasteiger partial charge in [-0.2, -0.15) is 13.2 Å². The van der Waals surface area contributed by atoms with E-state index in [-0.39, 0.29) is 12.2 Å². The molecule has 0 aliphatic carbocycles. The number of rotatable bonds is 6. The van der Waals surface area contributed by atoms with Crippen molar-refractivity contribution in [2.45, 2.75) is 19.5 Å². The molecule has 0 fully saturated rings. The summed E-state index contributed by atoms with van der Waals surface area (Å²) in [6, 6.07) is 2.47. The number of non-ortho nitro benzene ring substituents is 1. The van der Waals surface area contributed by atoms with E-state index in [0.29, 0.717) is 36.4 Å². The highest BCUT2D eigenvalue weighted by atomic mass is 79.9. The van der Waals surface area contributed by atoms with Crippen molar-refractivity contribution in [3.8, 4) is 0 Å². The molecule has 0 saturated carbocycles. The number of anilines is 2. The van der Waals surface area contributed by atoms with Crippen LogP contribution in [0, 0.1) is 20.2 Å². The SMILES string of the molecule is CCCN(c1c([N+](=O)[O-])cc([N+](=O)[O-])cc1C(F)(F)F)c1c(Br)c(Br)cc(Br)c1Br. The molecule has 0 spiro atoms. The van der Waals surface area contributed by atoms with Gasteiger partial charge in [-0.25, -0.2) is 0 Å². The van der Waals surface area contributed by atoms with E-state index in [1.807, 2.05) is 0 Å². The quantitative estimate of drug-likeness (QED) is 0.174. The molecule has 2 aromatic carbocycles. The molecule has 0 amide bonds. The van der Waals surface area contributed by atoms with E-state index >= 15 is 0 Å². The molecule has 0 aliphatic rings. The van der Waals surface area contributed by atoms with Crippen molar-refractivity contribution in [3.05, 3.63) is 61.9 Å². The lowest BCUT2D eigenvalue weighted by atomic mass is 10.1. The van der Waals surface area contributed by atoms with E-state index in [0.717, 1.165) is 4.90 Å². The summed E-state index contributed by atoms with van der Waals surface area (Å²) in [5.41, 5.74) is -4.14. The maximum absolute atomic E-state index is 13.9. The Bertz CT molecular complexity index is 1010. The summed E-state index contributed by atoms with van der Waals surface area (Å²) in [6.07, 6.45) is -4.76. The Morgan fingerprint density at radius 3 is 1.87 bits per heavy atom. The van der Waals surface area contributed by atoms with Crippen LogP contribution in [0.15, 0.2) is 36.1 Å². The van der Waals surface area contributed by atoms with Gasteiger partial charge in [-0.1, -0.05) is 6.92 Å². The highest BCUT2D eigenvalue weighted by Crippen LogP contribution is 2.51. The fourth-order valence-corrected chi connectivity index (χ4v) is 5.17. The molecule has 162 valence electrons. The van der Waals surface area contributed by atoms with Crippen LogP contribution in [0.5, 0.6) is 0 Å². The van der Waals surface area contributed by atoms with E-state index in [4.69, 9.17) is 0 Å². The number of halogens is 7. The molecule has 0 radical (unpaired) electrons. The van der Waals surface area contributed by atoms with Crippen molar-refractivity contribution >= 4 is 86.5 Å². The predicted octanol–water partition coefficient (Wildman–Crippen LogP) is 8.12. The summed E-state index contributed by atoms with van der Waals surface area (Å²) in [7, 11) is 0. The van der Waals surface area contributed by atoms with Crippen molar-refractivity contribution in [2.75, 3.05) is 11.4 Å². The van der Waals surface area contributed by atoms with Crippen LogP contribution in [-0.2, 0) is 6.18 Å². The van der Waals surface area contributed by atoms with Crippen molar-refractivity contribution in [2.24, 2.45) is 0 Å². The fourth-order valence-electron chi connectivity index (χ4n) is 2.71. The lowest BCUT2D eigenvalue weighted by Crippen LogP contribution is -2.24. The molecule has 0 heterocycles. The Kier molecular flexibility index (Phi) is 7.91. The molecule has 0 bridgehead atoms. The zero-order chi connectivity index (χ0) is 23.0. The number of hydrogen-bond donors (Lipinski definition) is 0. The molecule has 0 atom stereocenters. The Hall–Kier alpha value is -1.25. The zero-order valence-electron chi connectivity index (χ0n) is 14.8. The van der Waals surface area contributed by atoms with Gasteiger partial charge in [0, 0.05) is 21.6 Å². The summed E-state index contributed by atoms with van der Waals surface area (Å²) in [4.78, 5) is 21.7. The van der Waals surface area contributed by atoms with Crippen LogP contribution >= 0.6 is 63.7 Å². The van der Waals surface area contributed by atoms with Gasteiger partial charge in [0.15, 0.2) is 0 Å². The molecule has 2 rings (SSSR count). The Morgan fingerprint density at radius 1 is 0.933 bits per heavy atom. The first kappa shape index (κ1) is 25.0. The Morgan fingerprint density at radius 2 is 1.47 bits per heavy atom. The van der Waals surface area contributed by atoms with Crippen LogP contribution in [-0.4, -0.2) is 16.4 Å². The molecule has 7 nitrogen and oxygen atoms in total. The van der Waals surface area contributed by atoms with Gasteiger partial charge in [-0.3, -0.25) is 20.2 Å². The summed E-state index contributed by atoms with van der Waals surface area (Å²) in [5.74, 6) is 0. The lowest BCUT2D eigenvalue weighted by molar-refractivity contribution is -0.394. The second kappa shape index (κ2) is 9.49. The number of benzene rings is 2. The normalized spacial score (nSPS) is 11.5. The topological polar surface area (TPSA) is 89.5 Å². The van der Waals surface area contributed by atoms with Crippen LogP contribution < -0.4 is 4.90 Å². The molecule has 2 aromatic rings. The standard InChI is InChI=1S/C16H10Br4F3N3O4/c1-2-3-24(15-12(19)9(17)6-10(18)13(15)20)14-8(16(21,22)23)4-7(25(27)28)5-11(14)26(29)30/h4-6H,2-3H2,1H3. The smallest absolute Gasteiger partial charge is 0.333 e. The molecular weight excluding hydrogens is 675 g/mol. The van der Waals surface area contributed by atoms with Gasteiger partial charge in [0.1, 0.15) is 5.69 Å². The lowest BCUT2D eigenvalue weighted by Gasteiger charge is -2.29. The third-order valence-corrected chi connectivity index (χ3v) is 7.78. The molecular formula is C16H10Br4F3N3O4. The highest BCUT2D eigenvalue weighted by molar-refractivity contribution is 9.14. The van der Waals surface area contributed by atoms with Gasteiger partial charge in [0.25, 0.3) is 11.4 Å². The molecule has 0 unspecified atom stereocenters.